The SMILES string of the molecule is COc1cc(C(=O)NC[C@](O)(c2cc3c(c(-c4ccc(F)c(Cl)c4)n2)OC[C@]3(CF)C(N)=O)C(F)(F)F)cc2cc(Cl)c(C)nc12. The minimum Gasteiger partial charge on any atom is -0.494 e. The minimum atomic E-state index is -5.50. The summed E-state index contributed by atoms with van der Waals surface area (Å²) in [4.78, 5) is 33.9. The molecule has 3 heterocycles. The van der Waals surface area contributed by atoms with Crippen molar-refractivity contribution in [1.29, 1.82) is 0 Å². The Morgan fingerprint density at radius 3 is 2.46 bits per heavy atom. The van der Waals surface area contributed by atoms with Crippen molar-refractivity contribution in [3.8, 4) is 22.8 Å². The molecule has 0 fully saturated rings. The summed E-state index contributed by atoms with van der Waals surface area (Å²) in [6.07, 6.45) is -5.50. The number of amides is 2. The molecule has 1 aliphatic rings. The summed E-state index contributed by atoms with van der Waals surface area (Å²) in [6.45, 7) is -2.00. The first kappa shape index (κ1) is 33.1. The van der Waals surface area contributed by atoms with Crippen molar-refractivity contribution in [2.75, 3.05) is 26.9 Å². The zero-order valence-corrected chi connectivity index (χ0v) is 25.4. The highest BCUT2D eigenvalue weighted by molar-refractivity contribution is 6.32. The lowest BCUT2D eigenvalue weighted by molar-refractivity contribution is -0.265. The van der Waals surface area contributed by atoms with Crippen LogP contribution in [0.25, 0.3) is 22.2 Å². The predicted molar refractivity (Wildman–Crippen MR) is 157 cm³/mol. The number of ether oxygens (including phenoxy) is 2. The van der Waals surface area contributed by atoms with Gasteiger partial charge in [-0.15, -0.1) is 0 Å². The number of pyridine rings is 2. The van der Waals surface area contributed by atoms with E-state index in [-0.39, 0.29) is 27.6 Å². The molecule has 0 bridgehead atoms. The average molecular weight is 685 g/mol. The van der Waals surface area contributed by atoms with Crippen molar-refractivity contribution in [3.05, 3.63) is 80.8 Å². The molecule has 0 radical (unpaired) electrons. The van der Waals surface area contributed by atoms with E-state index in [4.69, 9.17) is 38.4 Å². The number of nitrogens with two attached hydrogens (primary N) is 1. The summed E-state index contributed by atoms with van der Waals surface area (Å²) in [5.74, 6) is -3.35. The Morgan fingerprint density at radius 1 is 1.13 bits per heavy atom. The van der Waals surface area contributed by atoms with E-state index in [2.05, 4.69) is 15.3 Å². The Labute approximate surface area is 267 Å². The number of benzene rings is 2. The molecule has 0 unspecified atom stereocenters. The Balaban J connectivity index is 1.62. The number of carbonyl (C=O) groups excluding carboxylic acids is 2. The van der Waals surface area contributed by atoms with Crippen molar-refractivity contribution >= 4 is 45.9 Å². The highest BCUT2D eigenvalue weighted by Gasteiger charge is 2.58. The predicted octanol–water partition coefficient (Wildman–Crippen LogP) is 5.32. The quantitative estimate of drug-likeness (QED) is 0.214. The lowest BCUT2D eigenvalue weighted by Gasteiger charge is -2.31. The van der Waals surface area contributed by atoms with Crippen LogP contribution < -0.4 is 20.5 Å². The molecule has 9 nitrogen and oxygen atoms in total. The monoisotopic (exact) mass is 684 g/mol. The molecule has 0 saturated heterocycles. The summed E-state index contributed by atoms with van der Waals surface area (Å²) in [7, 11) is 1.31. The summed E-state index contributed by atoms with van der Waals surface area (Å²) in [5.41, 5.74) is -2.10. The molecule has 2 amide bonds. The summed E-state index contributed by atoms with van der Waals surface area (Å²) >= 11 is 12.1. The van der Waals surface area contributed by atoms with Gasteiger partial charge < -0.3 is 25.6 Å². The maximum Gasteiger partial charge on any atom is 0.424 e. The van der Waals surface area contributed by atoms with Crippen LogP contribution in [0.3, 0.4) is 0 Å². The lowest BCUT2D eigenvalue weighted by Crippen LogP contribution is -2.52. The second-order valence-electron chi connectivity index (χ2n) is 10.6. The second kappa shape index (κ2) is 11.8. The van der Waals surface area contributed by atoms with Crippen LogP contribution in [0.2, 0.25) is 10.0 Å². The Hall–Kier alpha value is -4.27. The molecule has 16 heteroatoms. The normalized spacial score (nSPS) is 17.3. The number of aromatic nitrogens is 2. The zero-order valence-electron chi connectivity index (χ0n) is 23.9. The van der Waals surface area contributed by atoms with E-state index in [9.17, 15) is 36.6 Å². The van der Waals surface area contributed by atoms with E-state index >= 15 is 0 Å². The molecule has 2 aromatic heterocycles. The summed E-state index contributed by atoms with van der Waals surface area (Å²) < 4.78 is 83.4. The number of fused-ring (bicyclic) bond motifs is 2. The molecule has 4 N–H and O–H groups in total. The molecular weight excluding hydrogens is 662 g/mol. The van der Waals surface area contributed by atoms with Crippen LogP contribution in [0.1, 0.15) is 27.3 Å². The van der Waals surface area contributed by atoms with E-state index in [1.54, 1.807) is 6.92 Å². The largest absolute Gasteiger partial charge is 0.494 e. The Kier molecular flexibility index (Phi) is 8.51. The number of aliphatic hydroxyl groups is 1. The Bertz CT molecular complexity index is 1910. The van der Waals surface area contributed by atoms with Crippen molar-refractivity contribution < 1.29 is 46.1 Å². The van der Waals surface area contributed by atoms with Crippen LogP contribution in [-0.4, -0.2) is 60.0 Å². The highest BCUT2D eigenvalue weighted by Crippen LogP contribution is 2.48. The van der Waals surface area contributed by atoms with Gasteiger partial charge in [0.2, 0.25) is 11.5 Å². The van der Waals surface area contributed by atoms with Gasteiger partial charge in [0.05, 0.1) is 35.1 Å². The second-order valence-corrected chi connectivity index (χ2v) is 11.4. The number of primary amides is 1. The van der Waals surface area contributed by atoms with Gasteiger partial charge >= 0.3 is 6.18 Å². The van der Waals surface area contributed by atoms with Gasteiger partial charge in [0.1, 0.15) is 47.2 Å². The van der Waals surface area contributed by atoms with Crippen molar-refractivity contribution in [2.24, 2.45) is 5.73 Å². The van der Waals surface area contributed by atoms with Gasteiger partial charge in [-0.05, 0) is 49.4 Å². The molecule has 4 aromatic rings. The molecule has 0 spiro atoms. The fraction of sp³-hybridized carbons (Fsp3) is 0.267. The van der Waals surface area contributed by atoms with E-state index in [1.807, 2.05) is 0 Å². The fourth-order valence-electron chi connectivity index (χ4n) is 4.99. The number of nitrogens with zero attached hydrogens (tertiary/aromatic N) is 2. The number of carbonyl (C=O) groups is 2. The molecule has 0 aliphatic carbocycles. The van der Waals surface area contributed by atoms with E-state index < -0.39 is 76.6 Å². The van der Waals surface area contributed by atoms with Crippen molar-refractivity contribution in [3.63, 3.8) is 0 Å². The van der Waals surface area contributed by atoms with Crippen LogP contribution in [-0.2, 0) is 15.8 Å². The fourth-order valence-corrected chi connectivity index (χ4v) is 5.33. The van der Waals surface area contributed by atoms with Gasteiger partial charge in [0.25, 0.3) is 5.91 Å². The molecule has 5 rings (SSSR count). The van der Waals surface area contributed by atoms with E-state index in [0.29, 0.717) is 22.7 Å². The number of alkyl halides is 4. The number of methoxy groups -OCH3 is 1. The van der Waals surface area contributed by atoms with Gasteiger partial charge in [-0.1, -0.05) is 23.2 Å². The molecule has 2 aromatic carbocycles. The van der Waals surface area contributed by atoms with E-state index in [0.717, 1.165) is 18.2 Å². The number of hydrogen-bond donors (Lipinski definition) is 3. The summed E-state index contributed by atoms with van der Waals surface area (Å²) in [6, 6.07) is 7.76. The lowest BCUT2D eigenvalue weighted by atomic mass is 9.81. The zero-order chi connectivity index (χ0) is 33.8. The van der Waals surface area contributed by atoms with Crippen LogP contribution >= 0.6 is 23.2 Å². The molecular formula is C30H23Cl2F5N4O5. The molecule has 0 saturated carbocycles. The van der Waals surface area contributed by atoms with Gasteiger partial charge in [-0.2, -0.15) is 13.2 Å². The number of aryl methyl sites for hydroxylation is 1. The number of halogens is 7. The number of nitrogens with one attached hydrogen (secondary N) is 1. The molecule has 46 heavy (non-hydrogen) atoms. The first-order valence-corrected chi connectivity index (χ1v) is 14.0. The van der Waals surface area contributed by atoms with Crippen molar-refractivity contribution in [2.45, 2.75) is 24.1 Å². The van der Waals surface area contributed by atoms with Gasteiger partial charge in [0.15, 0.2) is 0 Å². The van der Waals surface area contributed by atoms with Crippen LogP contribution in [0, 0.1) is 12.7 Å². The smallest absolute Gasteiger partial charge is 0.424 e. The maximum atomic E-state index is 14.7. The van der Waals surface area contributed by atoms with Gasteiger partial charge in [0, 0.05) is 22.1 Å². The van der Waals surface area contributed by atoms with E-state index in [1.165, 1.54) is 25.3 Å². The third kappa shape index (κ3) is 5.43. The number of hydrogen-bond acceptors (Lipinski definition) is 7. The third-order valence-corrected chi connectivity index (χ3v) is 8.41. The first-order valence-electron chi connectivity index (χ1n) is 13.3. The van der Waals surface area contributed by atoms with Crippen molar-refractivity contribution in [1.82, 2.24) is 15.3 Å². The third-order valence-electron chi connectivity index (χ3n) is 7.74. The van der Waals surface area contributed by atoms with Crippen LogP contribution in [0.4, 0.5) is 22.0 Å². The molecule has 242 valence electrons. The van der Waals surface area contributed by atoms with Gasteiger partial charge in [-0.25, -0.2) is 18.7 Å². The van der Waals surface area contributed by atoms with Crippen LogP contribution in [0.5, 0.6) is 11.5 Å². The Morgan fingerprint density at radius 2 is 1.85 bits per heavy atom. The average Bonchev–Trinajstić information content (AvgIpc) is 3.40. The highest BCUT2D eigenvalue weighted by atomic mass is 35.5. The first-order chi connectivity index (χ1) is 21.6. The standard InChI is InChI=1S/C30H23Cl2F5N4O5/c1-13-18(31)7-15-5-16(8-21(45-2)23(15)40-13)26(42)39-11-29(44,30(35,36)37)22-9-17-25(46-12-28(17,10-33)27(38)43)24(41-22)14-3-4-20(34)19(32)6-14/h3-9,44H,10-12H2,1-2H3,(H2,38,43)(H,39,42)/t28-,29-/m0/s1. The van der Waals surface area contributed by atoms with Gasteiger partial charge in [-0.3, -0.25) is 9.59 Å². The minimum absolute atomic E-state index is 0.0806. The summed E-state index contributed by atoms with van der Waals surface area (Å²) in [5, 5.41) is 13.5. The number of rotatable bonds is 8. The molecule has 1 aliphatic heterocycles. The van der Waals surface area contributed by atoms with Crippen LogP contribution in [0.15, 0.2) is 42.5 Å². The topological polar surface area (TPSA) is 137 Å². The maximum absolute atomic E-state index is 14.7. The molecule has 2 atom stereocenters.